The van der Waals surface area contributed by atoms with Crippen LogP contribution in [0.25, 0.3) is 0 Å². The minimum absolute atomic E-state index is 0.0992. The molecule has 2 rings (SSSR count). The van der Waals surface area contributed by atoms with E-state index >= 15 is 0 Å². The Morgan fingerprint density at radius 3 is 2.32 bits per heavy atom. The molecule has 1 atom stereocenters. The van der Waals surface area contributed by atoms with E-state index in [1.807, 2.05) is 90.1 Å². The molecule has 5 heteroatoms. The van der Waals surface area contributed by atoms with Gasteiger partial charge in [0.05, 0.1) is 0 Å². The molecule has 1 N–H and O–H groups in total. The van der Waals surface area contributed by atoms with E-state index in [0.717, 1.165) is 16.7 Å². The quantitative estimate of drug-likeness (QED) is 0.647. The first-order chi connectivity index (χ1) is 14.6. The lowest BCUT2D eigenvalue weighted by Crippen LogP contribution is -2.54. The molecule has 31 heavy (non-hydrogen) atoms. The van der Waals surface area contributed by atoms with Crippen molar-refractivity contribution in [2.24, 2.45) is 0 Å². The number of nitrogens with one attached hydrogen (secondary N) is 1. The van der Waals surface area contributed by atoms with Crippen LogP contribution in [-0.2, 0) is 16.0 Å². The maximum absolute atomic E-state index is 13.2. The minimum Gasteiger partial charge on any atom is -0.483 e. The zero-order valence-corrected chi connectivity index (χ0v) is 19.7. The van der Waals surface area contributed by atoms with Gasteiger partial charge in [-0.2, -0.15) is 0 Å². The Morgan fingerprint density at radius 2 is 1.74 bits per heavy atom. The monoisotopic (exact) mass is 424 g/mol. The average molecular weight is 425 g/mol. The second-order valence-electron chi connectivity index (χ2n) is 9.04. The zero-order valence-electron chi connectivity index (χ0n) is 19.7. The topological polar surface area (TPSA) is 58.6 Å². The van der Waals surface area contributed by atoms with Gasteiger partial charge in [-0.05, 0) is 64.7 Å². The highest BCUT2D eigenvalue weighted by Gasteiger charge is 2.30. The van der Waals surface area contributed by atoms with Crippen LogP contribution in [0.3, 0.4) is 0 Å². The molecule has 2 aromatic carbocycles. The van der Waals surface area contributed by atoms with Gasteiger partial charge in [0, 0.05) is 12.1 Å². The summed E-state index contributed by atoms with van der Waals surface area (Å²) in [5.74, 6) is 0.365. The molecular formula is C26H36N2O3. The molecule has 0 heterocycles. The van der Waals surface area contributed by atoms with Gasteiger partial charge in [0.2, 0.25) is 5.91 Å². The highest BCUT2D eigenvalue weighted by atomic mass is 16.5. The number of nitrogens with zero attached hydrogens (tertiary/aromatic N) is 1. The average Bonchev–Trinajstić information content (AvgIpc) is 2.69. The molecular weight excluding hydrogens is 388 g/mol. The van der Waals surface area contributed by atoms with Crippen molar-refractivity contribution < 1.29 is 14.3 Å². The molecule has 5 nitrogen and oxygen atoms in total. The van der Waals surface area contributed by atoms with Crippen LogP contribution in [0.5, 0.6) is 5.75 Å². The maximum atomic E-state index is 13.2. The van der Waals surface area contributed by atoms with Crippen molar-refractivity contribution in [3.05, 3.63) is 65.2 Å². The molecule has 0 bridgehead atoms. The lowest BCUT2D eigenvalue weighted by molar-refractivity contribution is -0.142. The van der Waals surface area contributed by atoms with Gasteiger partial charge in [-0.15, -0.1) is 0 Å². The van der Waals surface area contributed by atoms with Crippen LogP contribution in [0, 0.1) is 13.8 Å². The summed E-state index contributed by atoms with van der Waals surface area (Å²) in [6, 6.07) is 15.3. The van der Waals surface area contributed by atoms with Gasteiger partial charge in [0.1, 0.15) is 11.8 Å². The van der Waals surface area contributed by atoms with E-state index in [0.29, 0.717) is 25.1 Å². The summed E-state index contributed by atoms with van der Waals surface area (Å²) < 4.78 is 5.84. The number of carbonyl (C=O) groups excluding carboxylic acids is 2. The van der Waals surface area contributed by atoms with Crippen LogP contribution in [0.2, 0.25) is 0 Å². The molecule has 2 amide bonds. The van der Waals surface area contributed by atoms with Crippen LogP contribution in [0.1, 0.15) is 50.8 Å². The van der Waals surface area contributed by atoms with Crippen molar-refractivity contribution in [2.75, 3.05) is 13.2 Å². The summed E-state index contributed by atoms with van der Waals surface area (Å²) >= 11 is 0. The molecule has 0 spiro atoms. The molecule has 168 valence electrons. The van der Waals surface area contributed by atoms with Crippen LogP contribution in [0.15, 0.2) is 48.5 Å². The van der Waals surface area contributed by atoms with Gasteiger partial charge in [0.25, 0.3) is 5.91 Å². The molecule has 0 aliphatic heterocycles. The largest absolute Gasteiger partial charge is 0.483 e. The van der Waals surface area contributed by atoms with Crippen molar-refractivity contribution in [3.63, 3.8) is 0 Å². The van der Waals surface area contributed by atoms with E-state index in [4.69, 9.17) is 4.74 Å². The molecule has 0 aromatic heterocycles. The fourth-order valence-corrected chi connectivity index (χ4v) is 3.53. The smallest absolute Gasteiger partial charge is 0.261 e. The Bertz CT molecular complexity index is 872. The van der Waals surface area contributed by atoms with Crippen LogP contribution >= 0.6 is 0 Å². The number of rotatable bonds is 9. The summed E-state index contributed by atoms with van der Waals surface area (Å²) in [6.45, 7) is 12.1. The van der Waals surface area contributed by atoms with Crippen molar-refractivity contribution in [3.8, 4) is 5.75 Å². The van der Waals surface area contributed by atoms with Gasteiger partial charge in [-0.25, -0.2) is 0 Å². The molecule has 0 saturated heterocycles. The highest BCUT2D eigenvalue weighted by molar-refractivity contribution is 5.88. The summed E-state index contributed by atoms with van der Waals surface area (Å²) in [4.78, 5) is 27.8. The number of benzene rings is 2. The van der Waals surface area contributed by atoms with Crippen LogP contribution < -0.4 is 10.1 Å². The third-order valence-corrected chi connectivity index (χ3v) is 5.05. The Kier molecular flexibility index (Phi) is 8.66. The standard InChI is InChI=1S/C26H36N2O3/c1-7-22(25(30)27-26(4,5)6)28(16-15-21-11-9-8-10-12-21)24(29)18-31-23-14-13-19(2)17-20(23)3/h8-14,17,22H,7,15-16,18H2,1-6H3,(H,27,30)/t22-/m1/s1. The number of ether oxygens (including phenoxy) is 1. The first-order valence-corrected chi connectivity index (χ1v) is 11.0. The molecule has 0 saturated carbocycles. The summed E-state index contributed by atoms with van der Waals surface area (Å²) in [5.41, 5.74) is 2.89. The molecule has 0 aliphatic rings. The van der Waals surface area contributed by atoms with Crippen molar-refractivity contribution in [2.45, 2.75) is 66.0 Å². The molecule has 0 fully saturated rings. The SMILES string of the molecule is CC[C@H](C(=O)NC(C)(C)C)N(CCc1ccccc1)C(=O)COc1ccc(C)cc1C. The fraction of sp³-hybridized carbons (Fsp3) is 0.462. The van der Waals surface area contributed by atoms with Crippen molar-refractivity contribution >= 4 is 11.8 Å². The van der Waals surface area contributed by atoms with Gasteiger partial charge in [-0.1, -0.05) is 55.0 Å². The maximum Gasteiger partial charge on any atom is 0.261 e. The predicted octanol–water partition coefficient (Wildman–Crippen LogP) is 4.45. The Hall–Kier alpha value is -2.82. The van der Waals surface area contributed by atoms with E-state index in [1.165, 1.54) is 0 Å². The normalized spacial score (nSPS) is 12.2. The fourth-order valence-electron chi connectivity index (χ4n) is 3.53. The van der Waals surface area contributed by atoms with E-state index in [9.17, 15) is 9.59 Å². The van der Waals surface area contributed by atoms with Crippen LogP contribution in [-0.4, -0.2) is 41.4 Å². The second-order valence-corrected chi connectivity index (χ2v) is 9.04. The van der Waals surface area contributed by atoms with E-state index in [1.54, 1.807) is 4.90 Å². The molecule has 0 aliphatic carbocycles. The zero-order chi connectivity index (χ0) is 23.0. The van der Waals surface area contributed by atoms with Gasteiger partial charge >= 0.3 is 0 Å². The Morgan fingerprint density at radius 1 is 1.06 bits per heavy atom. The Labute approximate surface area is 186 Å². The number of hydrogen-bond donors (Lipinski definition) is 1. The molecule has 0 radical (unpaired) electrons. The third-order valence-electron chi connectivity index (χ3n) is 5.05. The number of aryl methyl sites for hydroxylation is 2. The first-order valence-electron chi connectivity index (χ1n) is 11.0. The predicted molar refractivity (Wildman–Crippen MR) is 125 cm³/mol. The summed E-state index contributed by atoms with van der Waals surface area (Å²) in [5, 5.41) is 3.02. The van der Waals surface area contributed by atoms with E-state index < -0.39 is 6.04 Å². The summed E-state index contributed by atoms with van der Waals surface area (Å²) in [7, 11) is 0. The van der Waals surface area contributed by atoms with E-state index in [2.05, 4.69) is 5.32 Å². The van der Waals surface area contributed by atoms with Gasteiger partial charge in [-0.3, -0.25) is 9.59 Å². The second kappa shape index (κ2) is 11.0. The van der Waals surface area contributed by atoms with Gasteiger partial charge < -0.3 is 15.0 Å². The van der Waals surface area contributed by atoms with Crippen molar-refractivity contribution in [1.29, 1.82) is 0 Å². The molecule has 0 unspecified atom stereocenters. The minimum atomic E-state index is -0.543. The van der Waals surface area contributed by atoms with E-state index in [-0.39, 0.29) is 24.0 Å². The van der Waals surface area contributed by atoms with Gasteiger partial charge in [0.15, 0.2) is 6.61 Å². The highest BCUT2D eigenvalue weighted by Crippen LogP contribution is 2.19. The Balaban J connectivity index is 2.17. The first kappa shape index (κ1) is 24.4. The third kappa shape index (κ3) is 7.74. The summed E-state index contributed by atoms with van der Waals surface area (Å²) in [6.07, 6.45) is 1.21. The number of carbonyl (C=O) groups is 2. The lowest BCUT2D eigenvalue weighted by atomic mass is 10.1. The number of hydrogen-bond acceptors (Lipinski definition) is 3. The number of amides is 2. The van der Waals surface area contributed by atoms with Crippen LogP contribution in [0.4, 0.5) is 0 Å². The van der Waals surface area contributed by atoms with Crippen molar-refractivity contribution in [1.82, 2.24) is 10.2 Å². The lowest BCUT2D eigenvalue weighted by Gasteiger charge is -2.33. The molecule has 2 aromatic rings.